The molecule has 1 aromatic rings. The van der Waals surface area contributed by atoms with Gasteiger partial charge in [0.25, 0.3) is 0 Å². The van der Waals surface area contributed by atoms with Gasteiger partial charge in [0.1, 0.15) is 11.8 Å². The molecule has 0 aliphatic carbocycles. The molecule has 1 saturated heterocycles. The van der Waals surface area contributed by atoms with Gasteiger partial charge in [0, 0.05) is 6.42 Å². The number of hydrogen-bond donors (Lipinski definition) is 0. The molecule has 0 bridgehead atoms. The topological polar surface area (TPSA) is 59.3 Å². The minimum absolute atomic E-state index is 0.359. The monoisotopic (exact) mass is 203 g/mol. The Morgan fingerprint density at radius 2 is 2.27 bits per heavy atom. The van der Waals surface area contributed by atoms with Crippen LogP contribution in [0.4, 0.5) is 0 Å². The first kappa shape index (κ1) is 9.53. The fourth-order valence-electron chi connectivity index (χ4n) is 1.40. The van der Waals surface area contributed by atoms with Crippen LogP contribution in [0.5, 0.6) is 5.75 Å². The van der Waals surface area contributed by atoms with Gasteiger partial charge in [-0.2, -0.15) is 5.26 Å². The van der Waals surface area contributed by atoms with Crippen molar-refractivity contribution in [3.05, 3.63) is 29.8 Å². The molecule has 1 aliphatic heterocycles. The number of esters is 1. The van der Waals surface area contributed by atoms with Crippen molar-refractivity contribution in [3.63, 3.8) is 0 Å². The van der Waals surface area contributed by atoms with Gasteiger partial charge in [0.2, 0.25) is 0 Å². The first-order chi connectivity index (χ1) is 7.31. The van der Waals surface area contributed by atoms with E-state index in [1.54, 1.807) is 24.3 Å². The molecule has 1 heterocycles. The molecule has 1 aliphatic rings. The highest BCUT2D eigenvalue weighted by Crippen LogP contribution is 2.21. The highest BCUT2D eigenvalue weighted by molar-refractivity contribution is 5.76. The summed E-state index contributed by atoms with van der Waals surface area (Å²) in [6.45, 7) is 0.387. The number of ether oxygens (including phenoxy) is 2. The lowest BCUT2D eigenvalue weighted by Crippen LogP contribution is -2.22. The Kier molecular flexibility index (Phi) is 2.55. The number of carbonyl (C=O) groups is 1. The molecule has 2 rings (SSSR count). The zero-order valence-corrected chi connectivity index (χ0v) is 7.97. The zero-order valence-electron chi connectivity index (χ0n) is 7.97. The average Bonchev–Trinajstić information content (AvgIpc) is 2.65. The molecule has 0 spiro atoms. The van der Waals surface area contributed by atoms with E-state index in [-0.39, 0.29) is 5.97 Å². The lowest BCUT2D eigenvalue weighted by Gasteiger charge is -2.10. The number of carbonyl (C=O) groups excluding carboxylic acids is 1. The van der Waals surface area contributed by atoms with Crippen molar-refractivity contribution < 1.29 is 14.3 Å². The van der Waals surface area contributed by atoms with E-state index in [4.69, 9.17) is 14.7 Å². The maximum Gasteiger partial charge on any atom is 0.347 e. The molecule has 4 nitrogen and oxygen atoms in total. The highest BCUT2D eigenvalue weighted by atomic mass is 16.6. The summed E-state index contributed by atoms with van der Waals surface area (Å²) >= 11 is 0. The first-order valence-corrected chi connectivity index (χ1v) is 4.63. The van der Waals surface area contributed by atoms with E-state index < -0.39 is 6.10 Å². The van der Waals surface area contributed by atoms with Gasteiger partial charge in [-0.3, -0.25) is 0 Å². The lowest BCUT2D eigenvalue weighted by atomic mass is 10.2. The standard InChI is InChI=1S/C11H9NO3/c12-7-8-3-1-2-4-9(8)15-10-5-6-14-11(10)13/h1-4,10H,5-6H2. The molecular formula is C11H9NO3. The van der Waals surface area contributed by atoms with Gasteiger partial charge < -0.3 is 9.47 Å². The van der Waals surface area contributed by atoms with Crippen molar-refractivity contribution in [1.29, 1.82) is 5.26 Å². The second-order valence-electron chi connectivity index (χ2n) is 3.17. The summed E-state index contributed by atoms with van der Waals surface area (Å²) in [4.78, 5) is 11.1. The third-order valence-electron chi connectivity index (χ3n) is 2.16. The van der Waals surface area contributed by atoms with E-state index in [1.807, 2.05) is 6.07 Å². The van der Waals surface area contributed by atoms with E-state index >= 15 is 0 Å². The van der Waals surface area contributed by atoms with Crippen LogP contribution in [0.2, 0.25) is 0 Å². The number of para-hydroxylation sites is 1. The Morgan fingerprint density at radius 1 is 1.47 bits per heavy atom. The van der Waals surface area contributed by atoms with Crippen LogP contribution < -0.4 is 4.74 Å². The van der Waals surface area contributed by atoms with Gasteiger partial charge >= 0.3 is 5.97 Å². The van der Waals surface area contributed by atoms with Gasteiger partial charge in [0.15, 0.2) is 6.10 Å². The third-order valence-corrected chi connectivity index (χ3v) is 2.16. The summed E-state index contributed by atoms with van der Waals surface area (Å²) in [6, 6.07) is 8.84. The fraction of sp³-hybridized carbons (Fsp3) is 0.273. The molecule has 0 aromatic heterocycles. The summed E-state index contributed by atoms with van der Waals surface area (Å²) < 4.78 is 10.2. The van der Waals surface area contributed by atoms with Gasteiger partial charge in [0.05, 0.1) is 12.2 Å². The van der Waals surface area contributed by atoms with Gasteiger partial charge in [-0.25, -0.2) is 4.79 Å². The van der Waals surface area contributed by atoms with Crippen molar-refractivity contribution in [1.82, 2.24) is 0 Å². The van der Waals surface area contributed by atoms with Crippen LogP contribution in [0.15, 0.2) is 24.3 Å². The van der Waals surface area contributed by atoms with Crippen LogP contribution >= 0.6 is 0 Å². The average molecular weight is 203 g/mol. The highest BCUT2D eigenvalue weighted by Gasteiger charge is 2.28. The minimum Gasteiger partial charge on any atom is -0.477 e. The number of benzene rings is 1. The Hall–Kier alpha value is -2.02. The number of nitrogens with zero attached hydrogens (tertiary/aromatic N) is 1. The van der Waals surface area contributed by atoms with E-state index in [9.17, 15) is 4.79 Å². The molecular weight excluding hydrogens is 194 g/mol. The lowest BCUT2D eigenvalue weighted by molar-refractivity contribution is -0.143. The number of nitriles is 1. The van der Waals surface area contributed by atoms with Crippen molar-refractivity contribution >= 4 is 5.97 Å². The molecule has 0 N–H and O–H groups in total. The predicted octanol–water partition coefficient (Wildman–Crippen LogP) is 1.25. The second-order valence-corrected chi connectivity index (χ2v) is 3.17. The van der Waals surface area contributed by atoms with Crippen LogP contribution in [0.25, 0.3) is 0 Å². The normalized spacial score (nSPS) is 19.4. The second kappa shape index (κ2) is 4.01. The molecule has 1 atom stereocenters. The molecule has 0 amide bonds. The molecule has 15 heavy (non-hydrogen) atoms. The van der Waals surface area contributed by atoms with Gasteiger partial charge in [-0.15, -0.1) is 0 Å². The zero-order chi connectivity index (χ0) is 10.7. The molecule has 1 fully saturated rings. The summed E-state index contributed by atoms with van der Waals surface area (Å²) in [5.74, 6) is 0.0755. The molecule has 1 aromatic carbocycles. The van der Waals surface area contributed by atoms with Crippen LogP contribution in [0.1, 0.15) is 12.0 Å². The van der Waals surface area contributed by atoms with Crippen LogP contribution in [0.3, 0.4) is 0 Å². The van der Waals surface area contributed by atoms with Crippen LogP contribution in [0, 0.1) is 11.3 Å². The summed E-state index contributed by atoms with van der Waals surface area (Å²) in [5, 5.41) is 8.81. The largest absolute Gasteiger partial charge is 0.477 e. The molecule has 76 valence electrons. The van der Waals surface area contributed by atoms with Crippen molar-refractivity contribution in [3.8, 4) is 11.8 Å². The molecule has 1 unspecified atom stereocenters. The smallest absolute Gasteiger partial charge is 0.347 e. The first-order valence-electron chi connectivity index (χ1n) is 4.63. The fourth-order valence-corrected chi connectivity index (χ4v) is 1.40. The van der Waals surface area contributed by atoms with E-state index in [0.717, 1.165) is 0 Å². The Bertz CT molecular complexity index is 422. The Labute approximate surface area is 87.0 Å². The SMILES string of the molecule is N#Cc1ccccc1OC1CCOC1=O. The van der Waals surface area contributed by atoms with E-state index in [0.29, 0.717) is 24.3 Å². The Morgan fingerprint density at radius 3 is 2.93 bits per heavy atom. The van der Waals surface area contributed by atoms with E-state index in [1.165, 1.54) is 0 Å². The number of rotatable bonds is 2. The van der Waals surface area contributed by atoms with Crippen LogP contribution in [-0.4, -0.2) is 18.7 Å². The third kappa shape index (κ3) is 1.91. The maximum atomic E-state index is 11.1. The quantitative estimate of drug-likeness (QED) is 0.679. The summed E-state index contributed by atoms with van der Waals surface area (Å²) in [5.41, 5.74) is 0.428. The van der Waals surface area contributed by atoms with Crippen molar-refractivity contribution in [2.24, 2.45) is 0 Å². The van der Waals surface area contributed by atoms with Crippen LogP contribution in [-0.2, 0) is 9.53 Å². The Balaban J connectivity index is 2.17. The van der Waals surface area contributed by atoms with Gasteiger partial charge in [-0.1, -0.05) is 12.1 Å². The summed E-state index contributed by atoms with van der Waals surface area (Å²) in [6.07, 6.45) is -0.0296. The van der Waals surface area contributed by atoms with Crippen molar-refractivity contribution in [2.45, 2.75) is 12.5 Å². The van der Waals surface area contributed by atoms with Crippen molar-refractivity contribution in [2.75, 3.05) is 6.61 Å². The summed E-state index contributed by atoms with van der Waals surface area (Å²) in [7, 11) is 0. The van der Waals surface area contributed by atoms with E-state index in [2.05, 4.69) is 0 Å². The predicted molar refractivity (Wildman–Crippen MR) is 51.1 cm³/mol. The number of hydrogen-bond acceptors (Lipinski definition) is 4. The maximum absolute atomic E-state index is 11.1. The number of cyclic esters (lactones) is 1. The molecule has 0 saturated carbocycles. The minimum atomic E-state index is -0.570. The van der Waals surface area contributed by atoms with Gasteiger partial charge in [-0.05, 0) is 12.1 Å². The molecule has 4 heteroatoms. The molecule has 0 radical (unpaired) electrons.